The highest BCUT2D eigenvalue weighted by Crippen LogP contribution is 2.35. The van der Waals surface area contributed by atoms with Crippen LogP contribution in [-0.4, -0.2) is 16.7 Å². The largest absolute Gasteiger partial charge is 0.456 e. The number of rotatable bonds is 4. The number of esters is 1. The fraction of sp³-hybridized carbons (Fsp3) is 0.148. The molecular formula is C27H21NO3. The fourth-order valence-electron chi connectivity index (χ4n) is 4.21. The summed E-state index contributed by atoms with van der Waals surface area (Å²) >= 11 is 0. The zero-order valence-corrected chi connectivity index (χ0v) is 17.0. The Morgan fingerprint density at radius 3 is 2.45 bits per heavy atom. The number of pyridine rings is 1. The average Bonchev–Trinajstić information content (AvgIpc) is 2.82. The number of aromatic nitrogens is 1. The van der Waals surface area contributed by atoms with Crippen molar-refractivity contribution in [2.75, 3.05) is 0 Å². The van der Waals surface area contributed by atoms with Crippen LogP contribution in [0.5, 0.6) is 0 Å². The van der Waals surface area contributed by atoms with Gasteiger partial charge in [-0.1, -0.05) is 72.8 Å². The lowest BCUT2D eigenvalue weighted by molar-refractivity contribution is 0.0466. The van der Waals surface area contributed by atoms with Gasteiger partial charge >= 0.3 is 5.97 Å². The Hall–Kier alpha value is -3.79. The van der Waals surface area contributed by atoms with E-state index in [-0.39, 0.29) is 18.1 Å². The number of fused-ring (bicyclic) bond motifs is 2. The van der Waals surface area contributed by atoms with E-state index in [0.717, 1.165) is 51.6 Å². The predicted octanol–water partition coefficient (Wildman–Crippen LogP) is 5.78. The van der Waals surface area contributed by atoms with E-state index in [9.17, 15) is 9.59 Å². The Labute approximate surface area is 180 Å². The molecule has 0 N–H and O–H groups in total. The molecule has 4 aromatic rings. The fourth-order valence-corrected chi connectivity index (χ4v) is 4.21. The summed E-state index contributed by atoms with van der Waals surface area (Å²) in [6, 6.07) is 25.0. The molecule has 1 aliphatic carbocycles. The predicted molar refractivity (Wildman–Crippen MR) is 120 cm³/mol. The molecule has 0 aliphatic heterocycles. The molecule has 1 aromatic heterocycles. The summed E-state index contributed by atoms with van der Waals surface area (Å²) < 4.78 is 5.47. The smallest absolute Gasteiger partial charge is 0.357 e. The molecular weight excluding hydrogens is 386 g/mol. The zero-order chi connectivity index (χ0) is 21.2. The van der Waals surface area contributed by atoms with Gasteiger partial charge in [-0.15, -0.1) is 0 Å². The van der Waals surface area contributed by atoms with Gasteiger partial charge in [0.05, 0.1) is 5.52 Å². The third kappa shape index (κ3) is 3.73. The highest BCUT2D eigenvalue weighted by atomic mass is 16.5. The number of hydrogen-bond donors (Lipinski definition) is 0. The van der Waals surface area contributed by atoms with Crippen molar-refractivity contribution in [3.8, 4) is 11.1 Å². The molecule has 5 rings (SSSR count). The molecule has 0 radical (unpaired) electrons. The quantitative estimate of drug-likeness (QED) is 0.403. The SMILES string of the molecule is O=C(OCc1ccccc1)c1ccc2cccc(-c3cccc4c3CCCC4=O)c2n1. The minimum absolute atomic E-state index is 0.196. The van der Waals surface area contributed by atoms with E-state index in [1.807, 2.05) is 72.8 Å². The van der Waals surface area contributed by atoms with Crippen molar-refractivity contribution in [3.05, 3.63) is 101 Å². The first-order valence-electron chi connectivity index (χ1n) is 10.5. The second-order valence-electron chi connectivity index (χ2n) is 7.74. The van der Waals surface area contributed by atoms with Crippen LogP contribution in [0.2, 0.25) is 0 Å². The van der Waals surface area contributed by atoms with E-state index in [0.29, 0.717) is 6.42 Å². The summed E-state index contributed by atoms with van der Waals surface area (Å²) in [5, 5.41) is 0.942. The van der Waals surface area contributed by atoms with Gasteiger partial charge in [-0.2, -0.15) is 0 Å². The molecule has 3 aromatic carbocycles. The van der Waals surface area contributed by atoms with Gasteiger partial charge in [0, 0.05) is 22.9 Å². The summed E-state index contributed by atoms with van der Waals surface area (Å²) in [6.07, 6.45) is 2.33. The summed E-state index contributed by atoms with van der Waals surface area (Å²) in [4.78, 5) is 29.7. The first-order chi connectivity index (χ1) is 15.2. The second kappa shape index (κ2) is 8.15. The normalized spacial score (nSPS) is 13.1. The maximum atomic E-state index is 12.7. The molecule has 0 fully saturated rings. The average molecular weight is 407 g/mol. The van der Waals surface area contributed by atoms with Gasteiger partial charge in [0.1, 0.15) is 12.3 Å². The highest BCUT2D eigenvalue weighted by Gasteiger charge is 2.21. The van der Waals surface area contributed by atoms with Gasteiger partial charge in [0.2, 0.25) is 0 Å². The Morgan fingerprint density at radius 1 is 0.806 bits per heavy atom. The maximum absolute atomic E-state index is 12.7. The van der Waals surface area contributed by atoms with E-state index in [4.69, 9.17) is 4.74 Å². The van der Waals surface area contributed by atoms with Crippen LogP contribution >= 0.6 is 0 Å². The summed E-state index contributed by atoms with van der Waals surface area (Å²) in [6.45, 7) is 0.204. The third-order valence-electron chi connectivity index (χ3n) is 5.74. The van der Waals surface area contributed by atoms with Gasteiger partial charge in [0.25, 0.3) is 0 Å². The van der Waals surface area contributed by atoms with Crippen LogP contribution in [0.25, 0.3) is 22.0 Å². The monoisotopic (exact) mass is 407 g/mol. The van der Waals surface area contributed by atoms with E-state index in [1.54, 1.807) is 6.07 Å². The van der Waals surface area contributed by atoms with E-state index < -0.39 is 5.97 Å². The number of ether oxygens (including phenoxy) is 1. The molecule has 1 aliphatic rings. The molecule has 152 valence electrons. The van der Waals surface area contributed by atoms with Crippen LogP contribution in [0.15, 0.2) is 78.9 Å². The molecule has 1 heterocycles. The van der Waals surface area contributed by atoms with Crippen LogP contribution in [0, 0.1) is 0 Å². The third-order valence-corrected chi connectivity index (χ3v) is 5.74. The van der Waals surface area contributed by atoms with Crippen LogP contribution in [0.3, 0.4) is 0 Å². The summed E-state index contributed by atoms with van der Waals surface area (Å²) in [5.41, 5.74) is 5.77. The maximum Gasteiger partial charge on any atom is 0.357 e. The minimum Gasteiger partial charge on any atom is -0.456 e. The van der Waals surface area contributed by atoms with Crippen LogP contribution in [0.4, 0.5) is 0 Å². The van der Waals surface area contributed by atoms with Crippen molar-refractivity contribution < 1.29 is 14.3 Å². The molecule has 4 heteroatoms. The molecule has 31 heavy (non-hydrogen) atoms. The van der Waals surface area contributed by atoms with Gasteiger partial charge in [-0.25, -0.2) is 9.78 Å². The first kappa shape index (κ1) is 19.2. The molecule has 0 amide bonds. The number of benzene rings is 3. The highest BCUT2D eigenvalue weighted by molar-refractivity contribution is 6.03. The van der Waals surface area contributed by atoms with Crippen molar-refractivity contribution in [1.82, 2.24) is 4.98 Å². The summed E-state index contributed by atoms with van der Waals surface area (Å²) in [5.74, 6) is -0.257. The van der Waals surface area contributed by atoms with Gasteiger partial charge in [-0.05, 0) is 35.6 Å². The lowest BCUT2D eigenvalue weighted by Crippen LogP contribution is -2.12. The number of ketones is 1. The zero-order valence-electron chi connectivity index (χ0n) is 17.0. The molecule has 0 saturated carbocycles. The van der Waals surface area contributed by atoms with Crippen molar-refractivity contribution in [3.63, 3.8) is 0 Å². The van der Waals surface area contributed by atoms with Crippen molar-refractivity contribution in [2.24, 2.45) is 0 Å². The molecule has 0 unspecified atom stereocenters. The van der Waals surface area contributed by atoms with Gasteiger partial charge < -0.3 is 4.74 Å². The van der Waals surface area contributed by atoms with Crippen molar-refractivity contribution in [1.29, 1.82) is 0 Å². The summed E-state index contributed by atoms with van der Waals surface area (Å²) in [7, 11) is 0. The lowest BCUT2D eigenvalue weighted by atomic mass is 9.84. The van der Waals surface area contributed by atoms with E-state index in [2.05, 4.69) is 4.98 Å². The first-order valence-corrected chi connectivity index (χ1v) is 10.5. The number of Topliss-reactive ketones (excluding diaryl/α,β-unsaturated/α-hetero) is 1. The minimum atomic E-state index is -0.453. The van der Waals surface area contributed by atoms with Crippen LogP contribution < -0.4 is 0 Å². The van der Waals surface area contributed by atoms with Crippen LogP contribution in [-0.2, 0) is 17.8 Å². The Balaban J connectivity index is 1.53. The molecule has 0 saturated heterocycles. The number of carbonyl (C=O) groups excluding carboxylic acids is 2. The van der Waals surface area contributed by atoms with Gasteiger partial charge in [-0.3, -0.25) is 4.79 Å². The topological polar surface area (TPSA) is 56.3 Å². The molecule has 0 spiro atoms. The van der Waals surface area contributed by atoms with E-state index >= 15 is 0 Å². The number of hydrogen-bond acceptors (Lipinski definition) is 4. The Bertz CT molecular complexity index is 1290. The molecule has 0 bridgehead atoms. The Kier molecular flexibility index (Phi) is 5.04. The van der Waals surface area contributed by atoms with Gasteiger partial charge in [0.15, 0.2) is 5.78 Å². The standard InChI is InChI=1S/C27H21NO3/c29-25-14-6-11-20-21(10-5-12-22(20)25)23-13-4-9-19-15-16-24(28-26(19)23)27(30)31-17-18-7-2-1-3-8-18/h1-5,7-10,12-13,15-16H,6,11,14,17H2. The lowest BCUT2D eigenvalue weighted by Gasteiger charge is -2.19. The van der Waals surface area contributed by atoms with Crippen molar-refractivity contribution >= 4 is 22.7 Å². The van der Waals surface area contributed by atoms with Crippen molar-refractivity contribution in [2.45, 2.75) is 25.9 Å². The number of para-hydroxylation sites is 1. The molecule has 4 nitrogen and oxygen atoms in total. The second-order valence-corrected chi connectivity index (χ2v) is 7.74. The number of carbonyl (C=O) groups is 2. The Morgan fingerprint density at radius 2 is 1.58 bits per heavy atom. The van der Waals surface area contributed by atoms with Crippen LogP contribution in [0.1, 0.15) is 44.8 Å². The molecule has 0 atom stereocenters. The van der Waals surface area contributed by atoms with E-state index in [1.165, 1.54) is 0 Å². The number of nitrogens with zero attached hydrogens (tertiary/aromatic N) is 1.